The molecular weight excluding hydrogens is 365 g/mol. The molecule has 0 atom stereocenters. The third-order valence-corrected chi connectivity index (χ3v) is 4.14. The van der Waals surface area contributed by atoms with Gasteiger partial charge < -0.3 is 9.64 Å². The van der Waals surface area contributed by atoms with Crippen molar-refractivity contribution in [2.75, 3.05) is 13.6 Å². The van der Waals surface area contributed by atoms with Crippen LogP contribution in [0.15, 0.2) is 41.4 Å². The first kappa shape index (κ1) is 20.1. The Labute approximate surface area is 156 Å². The van der Waals surface area contributed by atoms with Gasteiger partial charge in [-0.3, -0.25) is 0 Å². The van der Waals surface area contributed by atoms with Crippen LogP contribution in [0.1, 0.15) is 23.6 Å². The van der Waals surface area contributed by atoms with Gasteiger partial charge in [0.25, 0.3) is 0 Å². The number of benzene rings is 2. The molecular formula is C19H20ClF3N2O. The minimum absolute atomic E-state index is 0.213. The summed E-state index contributed by atoms with van der Waals surface area (Å²) in [7, 11) is 1.90. The molecule has 3 nitrogen and oxygen atoms in total. The number of aliphatic imine (C=N–C) groups is 1. The van der Waals surface area contributed by atoms with Gasteiger partial charge in [-0.25, -0.2) is 4.99 Å². The highest BCUT2D eigenvalue weighted by Crippen LogP contribution is 2.32. The van der Waals surface area contributed by atoms with Crippen LogP contribution in [0.3, 0.4) is 0 Å². The Morgan fingerprint density at radius 3 is 2.54 bits per heavy atom. The van der Waals surface area contributed by atoms with E-state index in [1.54, 1.807) is 30.6 Å². The summed E-state index contributed by atoms with van der Waals surface area (Å²) in [4.78, 5) is 6.34. The molecule has 0 fully saturated rings. The summed E-state index contributed by atoms with van der Waals surface area (Å²) in [5.74, 6) is -0.213. The number of nitrogens with zero attached hydrogens (tertiary/aromatic N) is 2. The molecule has 0 N–H and O–H groups in total. The molecule has 0 unspecified atom stereocenters. The highest BCUT2D eigenvalue weighted by atomic mass is 35.5. The molecule has 0 aliphatic carbocycles. The van der Waals surface area contributed by atoms with E-state index in [0.29, 0.717) is 16.3 Å². The summed E-state index contributed by atoms with van der Waals surface area (Å²) in [6, 6.07) is 9.56. The van der Waals surface area contributed by atoms with E-state index in [2.05, 4.69) is 9.73 Å². The van der Waals surface area contributed by atoms with Crippen molar-refractivity contribution in [3.05, 3.63) is 58.1 Å². The fraction of sp³-hybridized carbons (Fsp3) is 0.316. The van der Waals surface area contributed by atoms with E-state index in [-0.39, 0.29) is 12.2 Å². The molecule has 0 aliphatic rings. The van der Waals surface area contributed by atoms with Crippen LogP contribution in [-0.2, 0) is 6.42 Å². The van der Waals surface area contributed by atoms with Gasteiger partial charge in [0, 0.05) is 25.0 Å². The smallest absolute Gasteiger partial charge is 0.405 e. The molecule has 0 bridgehead atoms. The summed E-state index contributed by atoms with van der Waals surface area (Å²) >= 11 is 6.18. The number of para-hydroxylation sites is 1. The number of alkyl halides is 3. The van der Waals surface area contributed by atoms with E-state index in [0.717, 1.165) is 17.7 Å². The summed E-state index contributed by atoms with van der Waals surface area (Å²) in [6.45, 7) is 4.68. The average Bonchev–Trinajstić information content (AvgIpc) is 2.56. The lowest BCUT2D eigenvalue weighted by molar-refractivity contribution is -0.274. The van der Waals surface area contributed by atoms with Gasteiger partial charge in [0.2, 0.25) is 0 Å². The van der Waals surface area contributed by atoms with Gasteiger partial charge in [-0.05, 0) is 48.7 Å². The van der Waals surface area contributed by atoms with Gasteiger partial charge in [-0.1, -0.05) is 29.8 Å². The van der Waals surface area contributed by atoms with Gasteiger partial charge in [0.1, 0.15) is 5.75 Å². The predicted octanol–water partition coefficient (Wildman–Crippen LogP) is 5.75. The molecule has 0 saturated carbocycles. The second-order valence-electron chi connectivity index (χ2n) is 5.86. The van der Waals surface area contributed by atoms with Crippen molar-refractivity contribution in [1.29, 1.82) is 0 Å². The summed E-state index contributed by atoms with van der Waals surface area (Å²) in [6.07, 6.45) is -2.78. The predicted molar refractivity (Wildman–Crippen MR) is 98.6 cm³/mol. The lowest BCUT2D eigenvalue weighted by Gasteiger charge is -2.15. The highest BCUT2D eigenvalue weighted by molar-refractivity contribution is 6.31. The van der Waals surface area contributed by atoms with Gasteiger partial charge in [-0.15, -0.1) is 13.2 Å². The minimum Gasteiger partial charge on any atom is -0.405 e. The zero-order valence-electron chi connectivity index (χ0n) is 14.8. The van der Waals surface area contributed by atoms with Crippen molar-refractivity contribution >= 4 is 23.6 Å². The topological polar surface area (TPSA) is 24.8 Å². The maximum Gasteiger partial charge on any atom is 0.573 e. The summed E-state index contributed by atoms with van der Waals surface area (Å²) in [5, 5.41) is 0.478. The second kappa shape index (κ2) is 8.45. The third kappa shape index (κ3) is 5.66. The van der Waals surface area contributed by atoms with Crippen LogP contribution < -0.4 is 4.74 Å². The molecule has 140 valence electrons. The van der Waals surface area contributed by atoms with Crippen molar-refractivity contribution in [1.82, 2.24) is 4.90 Å². The Morgan fingerprint density at radius 2 is 1.88 bits per heavy atom. The molecule has 0 spiro atoms. The lowest BCUT2D eigenvalue weighted by atomic mass is 9.98. The number of hydrogen-bond donors (Lipinski definition) is 0. The molecule has 0 radical (unpaired) electrons. The van der Waals surface area contributed by atoms with Crippen LogP contribution in [0.5, 0.6) is 5.75 Å². The SMILES string of the molecule is CCN(C)C=Nc1cc(Cl)cc(Cc2ccccc2OC(F)(F)F)c1C. The van der Waals surface area contributed by atoms with Crippen molar-refractivity contribution in [2.24, 2.45) is 4.99 Å². The molecule has 7 heteroatoms. The van der Waals surface area contributed by atoms with Crippen LogP contribution in [0.4, 0.5) is 18.9 Å². The van der Waals surface area contributed by atoms with Crippen LogP contribution >= 0.6 is 11.6 Å². The van der Waals surface area contributed by atoms with E-state index in [4.69, 9.17) is 11.6 Å². The fourth-order valence-corrected chi connectivity index (χ4v) is 2.59. The third-order valence-electron chi connectivity index (χ3n) is 3.92. The average molecular weight is 385 g/mol. The van der Waals surface area contributed by atoms with Crippen LogP contribution in [-0.4, -0.2) is 31.2 Å². The Kier molecular flexibility index (Phi) is 6.53. The van der Waals surface area contributed by atoms with E-state index in [9.17, 15) is 13.2 Å². The van der Waals surface area contributed by atoms with Crippen molar-refractivity contribution in [2.45, 2.75) is 26.6 Å². The Bertz CT molecular complexity index is 791. The fourth-order valence-electron chi connectivity index (χ4n) is 2.36. The van der Waals surface area contributed by atoms with Gasteiger partial charge in [0.15, 0.2) is 0 Å². The maximum absolute atomic E-state index is 12.6. The zero-order chi connectivity index (χ0) is 19.3. The number of rotatable bonds is 6. The molecule has 2 aromatic rings. The van der Waals surface area contributed by atoms with Crippen LogP contribution in [0.2, 0.25) is 5.02 Å². The molecule has 0 amide bonds. The first-order chi connectivity index (χ1) is 12.2. The van der Waals surface area contributed by atoms with E-state index in [1.165, 1.54) is 12.1 Å². The Hall–Kier alpha value is -2.21. The van der Waals surface area contributed by atoms with E-state index in [1.807, 2.05) is 25.8 Å². The first-order valence-corrected chi connectivity index (χ1v) is 8.44. The van der Waals surface area contributed by atoms with Crippen molar-refractivity contribution in [3.63, 3.8) is 0 Å². The van der Waals surface area contributed by atoms with Gasteiger partial charge >= 0.3 is 6.36 Å². The lowest BCUT2D eigenvalue weighted by Crippen LogP contribution is -2.18. The maximum atomic E-state index is 12.6. The molecule has 2 aromatic carbocycles. The molecule has 0 aliphatic heterocycles. The molecule has 2 rings (SSSR count). The van der Waals surface area contributed by atoms with Crippen molar-refractivity contribution < 1.29 is 17.9 Å². The quantitative estimate of drug-likeness (QED) is 0.468. The molecule has 0 aromatic heterocycles. The van der Waals surface area contributed by atoms with Crippen LogP contribution in [0, 0.1) is 6.92 Å². The normalized spacial score (nSPS) is 11.8. The standard InChI is InChI=1S/C19H20ClF3N2O/c1-4-25(3)12-24-17-11-16(20)10-15(13(17)2)9-14-7-5-6-8-18(14)26-19(21,22)23/h5-8,10-12H,4,9H2,1-3H3. The van der Waals surface area contributed by atoms with Crippen LogP contribution in [0.25, 0.3) is 0 Å². The summed E-state index contributed by atoms with van der Waals surface area (Å²) < 4.78 is 42.0. The van der Waals surface area contributed by atoms with Gasteiger partial charge in [0.05, 0.1) is 12.0 Å². The Balaban J connectivity index is 2.36. The monoisotopic (exact) mass is 384 g/mol. The van der Waals surface area contributed by atoms with E-state index < -0.39 is 6.36 Å². The van der Waals surface area contributed by atoms with Gasteiger partial charge in [-0.2, -0.15) is 0 Å². The summed E-state index contributed by atoms with van der Waals surface area (Å²) in [5.41, 5.74) is 2.76. The highest BCUT2D eigenvalue weighted by Gasteiger charge is 2.32. The Morgan fingerprint density at radius 1 is 1.19 bits per heavy atom. The van der Waals surface area contributed by atoms with E-state index >= 15 is 0 Å². The van der Waals surface area contributed by atoms with Crippen molar-refractivity contribution in [3.8, 4) is 5.75 Å². The molecule has 26 heavy (non-hydrogen) atoms. The second-order valence-corrected chi connectivity index (χ2v) is 6.30. The number of halogens is 4. The number of ether oxygens (including phenoxy) is 1. The minimum atomic E-state index is -4.74. The number of hydrogen-bond acceptors (Lipinski definition) is 2. The molecule has 0 heterocycles. The first-order valence-electron chi connectivity index (χ1n) is 8.06. The zero-order valence-corrected chi connectivity index (χ0v) is 15.5. The largest absolute Gasteiger partial charge is 0.573 e. The molecule has 0 saturated heterocycles.